The lowest BCUT2D eigenvalue weighted by Crippen LogP contribution is -2.49. The molecule has 0 bridgehead atoms. The highest BCUT2D eigenvalue weighted by molar-refractivity contribution is 5.97. The number of amides is 1. The van der Waals surface area contributed by atoms with Crippen molar-refractivity contribution in [1.82, 2.24) is 19.8 Å². The van der Waals surface area contributed by atoms with Crippen LogP contribution in [-0.2, 0) is 6.54 Å². The third-order valence-electron chi connectivity index (χ3n) is 5.68. The molecule has 0 unspecified atom stereocenters. The number of nitrogens with zero attached hydrogens (tertiary/aromatic N) is 4. The molecule has 0 fully saturated rings. The van der Waals surface area contributed by atoms with Gasteiger partial charge in [0.15, 0.2) is 0 Å². The van der Waals surface area contributed by atoms with Crippen molar-refractivity contribution >= 4 is 5.91 Å². The van der Waals surface area contributed by atoms with Gasteiger partial charge in [0.05, 0.1) is 18.3 Å². The molecule has 0 aromatic carbocycles. The Bertz CT molecular complexity index is 1000. The van der Waals surface area contributed by atoms with Crippen LogP contribution in [0.4, 0.5) is 0 Å². The van der Waals surface area contributed by atoms with Gasteiger partial charge in [-0.2, -0.15) is 0 Å². The molecule has 0 spiro atoms. The van der Waals surface area contributed by atoms with Crippen molar-refractivity contribution in [2.24, 2.45) is 11.8 Å². The van der Waals surface area contributed by atoms with E-state index in [2.05, 4.69) is 33.6 Å². The molecular formula is C26H34N4O3. The van der Waals surface area contributed by atoms with Crippen LogP contribution in [-0.4, -0.2) is 69.7 Å². The molecule has 176 valence electrons. The van der Waals surface area contributed by atoms with Crippen molar-refractivity contribution in [3.8, 4) is 17.7 Å². The molecule has 1 aliphatic heterocycles. The van der Waals surface area contributed by atoms with Gasteiger partial charge in [-0.3, -0.25) is 14.7 Å². The van der Waals surface area contributed by atoms with Gasteiger partial charge in [-0.05, 0) is 32.2 Å². The van der Waals surface area contributed by atoms with Crippen LogP contribution in [0, 0.1) is 23.7 Å². The monoisotopic (exact) mass is 450 g/mol. The van der Waals surface area contributed by atoms with E-state index in [4.69, 9.17) is 4.74 Å². The largest absolute Gasteiger partial charge is 0.472 e. The smallest absolute Gasteiger partial charge is 0.259 e. The first kappa shape index (κ1) is 24.7. The van der Waals surface area contributed by atoms with Crippen molar-refractivity contribution in [3.05, 3.63) is 53.5 Å². The van der Waals surface area contributed by atoms with Crippen LogP contribution in [0.25, 0.3) is 0 Å². The van der Waals surface area contributed by atoms with E-state index in [9.17, 15) is 9.90 Å². The molecule has 7 heteroatoms. The van der Waals surface area contributed by atoms with Crippen LogP contribution in [0.15, 0.2) is 36.7 Å². The van der Waals surface area contributed by atoms with Gasteiger partial charge in [-0.15, -0.1) is 0 Å². The molecular weight excluding hydrogens is 416 g/mol. The van der Waals surface area contributed by atoms with Gasteiger partial charge in [0.25, 0.3) is 5.91 Å². The van der Waals surface area contributed by atoms with Crippen molar-refractivity contribution in [1.29, 1.82) is 0 Å². The van der Waals surface area contributed by atoms with Gasteiger partial charge in [-0.25, -0.2) is 4.98 Å². The van der Waals surface area contributed by atoms with E-state index in [1.54, 1.807) is 23.4 Å². The molecule has 2 aromatic heterocycles. The summed E-state index contributed by atoms with van der Waals surface area (Å²) in [7, 11) is 2.03. The van der Waals surface area contributed by atoms with Crippen LogP contribution in [0.2, 0.25) is 0 Å². The summed E-state index contributed by atoms with van der Waals surface area (Å²) < 4.78 is 6.34. The van der Waals surface area contributed by atoms with Gasteiger partial charge >= 0.3 is 0 Å². The lowest BCUT2D eigenvalue weighted by Gasteiger charge is -2.37. The number of pyridine rings is 2. The third kappa shape index (κ3) is 6.53. The number of carbonyl (C=O) groups is 1. The summed E-state index contributed by atoms with van der Waals surface area (Å²) in [4.78, 5) is 26.2. The number of hydrogen-bond donors (Lipinski definition) is 1. The molecule has 1 amide bonds. The summed E-state index contributed by atoms with van der Waals surface area (Å²) in [5.41, 5.74) is 2.04. The minimum absolute atomic E-state index is 0.0319. The second-order valence-electron chi connectivity index (χ2n) is 9.14. The summed E-state index contributed by atoms with van der Waals surface area (Å²) >= 11 is 0. The van der Waals surface area contributed by atoms with Crippen molar-refractivity contribution in [2.75, 3.05) is 26.7 Å². The minimum Gasteiger partial charge on any atom is -0.472 e. The van der Waals surface area contributed by atoms with E-state index in [0.29, 0.717) is 36.6 Å². The second kappa shape index (κ2) is 11.3. The number of rotatable bonds is 6. The number of aromatic nitrogens is 2. The number of fused-ring (bicyclic) bond motifs is 1. The molecule has 7 nitrogen and oxygen atoms in total. The zero-order valence-electron chi connectivity index (χ0n) is 20.2. The van der Waals surface area contributed by atoms with Gasteiger partial charge in [0.1, 0.15) is 11.7 Å². The Morgan fingerprint density at radius 2 is 2.09 bits per heavy atom. The standard InChI is InChI=1S/C26H34N4O3/c1-18(2)9-10-21-12-23-25(28-13-21)33-24(16-29(5)15-22-8-6-7-11-27-22)19(3)14-30(26(23)32)20(4)17-31/h6-8,11-13,18-20,24,31H,14-17H2,1-5H3/t19-,20-,24-/m0/s1. The van der Waals surface area contributed by atoms with E-state index in [1.807, 2.05) is 46.0 Å². The molecule has 0 saturated heterocycles. The first-order valence-electron chi connectivity index (χ1n) is 11.5. The molecule has 0 radical (unpaired) electrons. The van der Waals surface area contributed by atoms with E-state index < -0.39 is 0 Å². The first-order chi connectivity index (χ1) is 15.8. The Morgan fingerprint density at radius 3 is 2.76 bits per heavy atom. The average molecular weight is 451 g/mol. The molecule has 1 aliphatic rings. The maximum Gasteiger partial charge on any atom is 0.259 e. The van der Waals surface area contributed by atoms with Crippen LogP contribution in [0.5, 0.6) is 5.88 Å². The highest BCUT2D eigenvalue weighted by Crippen LogP contribution is 2.27. The average Bonchev–Trinajstić information content (AvgIpc) is 2.80. The quantitative estimate of drug-likeness (QED) is 0.682. The summed E-state index contributed by atoms with van der Waals surface area (Å²) in [6, 6.07) is 7.31. The summed E-state index contributed by atoms with van der Waals surface area (Å²) in [6.07, 6.45) is 3.25. The zero-order valence-corrected chi connectivity index (χ0v) is 20.2. The summed E-state index contributed by atoms with van der Waals surface area (Å²) in [5, 5.41) is 9.80. The molecule has 33 heavy (non-hydrogen) atoms. The van der Waals surface area contributed by atoms with Gasteiger partial charge in [0, 0.05) is 49.4 Å². The predicted octanol–water partition coefficient (Wildman–Crippen LogP) is 2.84. The first-order valence-corrected chi connectivity index (χ1v) is 11.5. The Balaban J connectivity index is 1.91. The predicted molar refractivity (Wildman–Crippen MR) is 128 cm³/mol. The SMILES string of the molecule is CC(C)C#Cc1cnc2c(c1)C(=O)N([C@@H](C)CO)C[C@H](C)[C@H](CN(C)Cc1ccccn1)O2. The molecule has 1 N–H and O–H groups in total. The maximum atomic E-state index is 13.4. The number of carbonyl (C=O) groups excluding carboxylic acids is 1. The second-order valence-corrected chi connectivity index (χ2v) is 9.14. The Kier molecular flexibility index (Phi) is 8.43. The van der Waals surface area contributed by atoms with Crippen LogP contribution >= 0.6 is 0 Å². The molecule has 0 saturated carbocycles. The molecule has 0 aliphatic carbocycles. The lowest BCUT2D eigenvalue weighted by atomic mass is 9.99. The molecule has 3 heterocycles. The van der Waals surface area contributed by atoms with E-state index in [0.717, 1.165) is 5.69 Å². The highest BCUT2D eigenvalue weighted by atomic mass is 16.5. The van der Waals surface area contributed by atoms with Crippen LogP contribution in [0.1, 0.15) is 49.3 Å². The Hall–Kier alpha value is -2.95. The number of aliphatic hydroxyl groups excluding tert-OH is 1. The summed E-state index contributed by atoms with van der Waals surface area (Å²) in [5.74, 6) is 6.56. The van der Waals surface area contributed by atoms with Crippen molar-refractivity contribution in [2.45, 2.75) is 46.4 Å². The number of likely N-dealkylation sites (N-methyl/N-ethyl adjacent to an activating group) is 1. The zero-order chi connectivity index (χ0) is 24.0. The molecule has 3 rings (SSSR count). The van der Waals surface area contributed by atoms with Crippen molar-refractivity contribution < 1.29 is 14.6 Å². The van der Waals surface area contributed by atoms with Crippen LogP contribution < -0.4 is 4.74 Å². The molecule has 2 aromatic rings. The number of hydrogen-bond acceptors (Lipinski definition) is 6. The number of aliphatic hydroxyl groups is 1. The lowest BCUT2D eigenvalue weighted by molar-refractivity contribution is 0.0324. The fourth-order valence-electron chi connectivity index (χ4n) is 3.76. The Labute approximate surface area is 196 Å². The third-order valence-corrected chi connectivity index (χ3v) is 5.68. The Morgan fingerprint density at radius 1 is 1.30 bits per heavy atom. The van der Waals surface area contributed by atoms with E-state index >= 15 is 0 Å². The van der Waals surface area contributed by atoms with Crippen molar-refractivity contribution in [3.63, 3.8) is 0 Å². The van der Waals surface area contributed by atoms with Gasteiger partial charge in [-0.1, -0.05) is 38.7 Å². The van der Waals surface area contributed by atoms with E-state index in [1.165, 1.54) is 0 Å². The fraction of sp³-hybridized carbons (Fsp3) is 0.500. The normalized spacial score (nSPS) is 19.3. The van der Waals surface area contributed by atoms with Gasteiger partial charge < -0.3 is 14.7 Å². The van der Waals surface area contributed by atoms with E-state index in [-0.39, 0.29) is 36.5 Å². The summed E-state index contributed by atoms with van der Waals surface area (Å²) in [6.45, 7) is 9.64. The fourth-order valence-corrected chi connectivity index (χ4v) is 3.76. The topological polar surface area (TPSA) is 78.8 Å². The van der Waals surface area contributed by atoms with Crippen LogP contribution in [0.3, 0.4) is 0 Å². The minimum atomic E-state index is -0.316. The molecule has 3 atom stereocenters. The maximum absolute atomic E-state index is 13.4. The number of ether oxygens (including phenoxy) is 1. The van der Waals surface area contributed by atoms with Gasteiger partial charge in [0.2, 0.25) is 5.88 Å². The highest BCUT2D eigenvalue weighted by Gasteiger charge is 2.34.